The summed E-state index contributed by atoms with van der Waals surface area (Å²) in [6.45, 7) is 0. The largest absolute Gasteiger partial charge is 0.393 e. The van der Waals surface area contributed by atoms with E-state index in [0.717, 1.165) is 49.4 Å². The van der Waals surface area contributed by atoms with Crippen LogP contribution in [0.4, 0.5) is 0 Å². The van der Waals surface area contributed by atoms with Crippen LogP contribution in [0, 0.1) is 47.3 Å². The third kappa shape index (κ3) is 3.50. The summed E-state index contributed by atoms with van der Waals surface area (Å²) in [5.74, 6) is 6.07. The Bertz CT molecular complexity index is 559. The molecule has 170 valence electrons. The Labute approximate surface area is 183 Å². The van der Waals surface area contributed by atoms with Crippen LogP contribution in [0.2, 0.25) is 0 Å². The highest BCUT2D eigenvalue weighted by atomic mass is 16.5. The summed E-state index contributed by atoms with van der Waals surface area (Å²) < 4.78 is 7.02. The average molecular weight is 417 g/mol. The molecular formula is C27H44O3. The minimum Gasteiger partial charge on any atom is -0.393 e. The molecule has 0 aromatic rings. The molecule has 0 aromatic carbocycles. The van der Waals surface area contributed by atoms with Crippen LogP contribution in [0.15, 0.2) is 0 Å². The molecule has 6 fully saturated rings. The molecule has 1 saturated heterocycles. The SMILES string of the molecule is OC1CCC2CCC3OC4CCC5CCC(O)CC5C4C(C4CCCCC4)C3C2C1. The highest BCUT2D eigenvalue weighted by Gasteiger charge is 2.58. The Morgan fingerprint density at radius 1 is 0.467 bits per heavy atom. The monoisotopic (exact) mass is 416 g/mol. The molecule has 10 unspecified atom stereocenters. The fourth-order valence-electron chi connectivity index (χ4n) is 9.86. The van der Waals surface area contributed by atoms with Gasteiger partial charge in [-0.3, -0.25) is 0 Å². The molecule has 0 radical (unpaired) electrons. The third-order valence-corrected chi connectivity index (χ3v) is 11.0. The smallest absolute Gasteiger partial charge is 0.0612 e. The molecular weight excluding hydrogens is 372 g/mol. The van der Waals surface area contributed by atoms with E-state index in [1.165, 1.54) is 70.6 Å². The number of aliphatic hydroxyl groups is 2. The number of rotatable bonds is 1. The van der Waals surface area contributed by atoms with Gasteiger partial charge in [-0.1, -0.05) is 32.1 Å². The maximum atomic E-state index is 10.6. The van der Waals surface area contributed by atoms with Crippen LogP contribution in [0.1, 0.15) is 96.3 Å². The van der Waals surface area contributed by atoms with Crippen LogP contribution in [-0.4, -0.2) is 34.6 Å². The Balaban J connectivity index is 1.37. The van der Waals surface area contributed by atoms with Crippen molar-refractivity contribution in [3.63, 3.8) is 0 Å². The maximum absolute atomic E-state index is 10.6. The maximum Gasteiger partial charge on any atom is 0.0612 e. The van der Waals surface area contributed by atoms with E-state index in [2.05, 4.69) is 0 Å². The lowest BCUT2D eigenvalue weighted by Crippen LogP contribution is -2.61. The third-order valence-electron chi connectivity index (χ3n) is 11.0. The van der Waals surface area contributed by atoms with Crippen LogP contribution in [0.3, 0.4) is 0 Å². The second-order valence-electron chi connectivity index (χ2n) is 12.3. The minimum absolute atomic E-state index is 0.0784. The van der Waals surface area contributed by atoms with E-state index < -0.39 is 0 Å². The topological polar surface area (TPSA) is 49.7 Å². The molecule has 10 atom stereocenters. The zero-order valence-electron chi connectivity index (χ0n) is 18.8. The highest BCUT2D eigenvalue weighted by Crippen LogP contribution is 2.60. The molecule has 1 aliphatic heterocycles. The van der Waals surface area contributed by atoms with E-state index in [9.17, 15) is 10.2 Å². The molecule has 0 bridgehead atoms. The van der Waals surface area contributed by atoms with Crippen molar-refractivity contribution in [3.8, 4) is 0 Å². The highest BCUT2D eigenvalue weighted by molar-refractivity contribution is 5.06. The van der Waals surface area contributed by atoms with E-state index in [-0.39, 0.29) is 12.2 Å². The van der Waals surface area contributed by atoms with E-state index in [0.29, 0.717) is 35.9 Å². The molecule has 3 heteroatoms. The Kier molecular flexibility index (Phi) is 5.69. The van der Waals surface area contributed by atoms with E-state index in [1.807, 2.05) is 0 Å². The molecule has 6 aliphatic rings. The van der Waals surface area contributed by atoms with Crippen molar-refractivity contribution < 1.29 is 14.9 Å². The van der Waals surface area contributed by atoms with Gasteiger partial charge in [0.1, 0.15) is 0 Å². The van der Waals surface area contributed by atoms with Crippen LogP contribution in [0.25, 0.3) is 0 Å². The van der Waals surface area contributed by atoms with Crippen molar-refractivity contribution in [1.29, 1.82) is 0 Å². The second kappa shape index (κ2) is 8.34. The van der Waals surface area contributed by atoms with Crippen LogP contribution in [0.5, 0.6) is 0 Å². The van der Waals surface area contributed by atoms with Gasteiger partial charge in [0, 0.05) is 0 Å². The first-order chi connectivity index (χ1) is 14.7. The van der Waals surface area contributed by atoms with Gasteiger partial charge in [0.05, 0.1) is 24.4 Å². The summed E-state index contributed by atoms with van der Waals surface area (Å²) >= 11 is 0. The summed E-state index contributed by atoms with van der Waals surface area (Å²) in [4.78, 5) is 0. The van der Waals surface area contributed by atoms with Crippen molar-refractivity contribution in [2.75, 3.05) is 0 Å². The molecule has 30 heavy (non-hydrogen) atoms. The second-order valence-corrected chi connectivity index (χ2v) is 12.3. The normalized spacial score (nSPS) is 54.4. The van der Waals surface area contributed by atoms with Gasteiger partial charge in [0.2, 0.25) is 0 Å². The summed E-state index contributed by atoms with van der Waals surface area (Å²) in [5.41, 5.74) is 0. The van der Waals surface area contributed by atoms with Crippen molar-refractivity contribution in [3.05, 3.63) is 0 Å². The zero-order valence-corrected chi connectivity index (χ0v) is 18.8. The molecule has 5 aliphatic carbocycles. The molecule has 0 aromatic heterocycles. The Morgan fingerprint density at radius 2 is 0.967 bits per heavy atom. The average Bonchev–Trinajstić information content (AvgIpc) is 2.77. The van der Waals surface area contributed by atoms with Crippen LogP contribution < -0.4 is 0 Å². The van der Waals surface area contributed by atoms with Crippen molar-refractivity contribution in [2.45, 2.75) is 121 Å². The number of ether oxygens (including phenoxy) is 1. The minimum atomic E-state index is -0.0784. The summed E-state index contributed by atoms with van der Waals surface area (Å²) in [6, 6.07) is 0. The lowest BCUT2D eigenvalue weighted by atomic mass is 9.49. The van der Waals surface area contributed by atoms with Gasteiger partial charge in [-0.25, -0.2) is 0 Å². The molecule has 6 rings (SSSR count). The lowest BCUT2D eigenvalue weighted by molar-refractivity contribution is -0.236. The van der Waals surface area contributed by atoms with E-state index in [4.69, 9.17) is 4.74 Å². The van der Waals surface area contributed by atoms with E-state index in [1.54, 1.807) is 0 Å². The molecule has 0 spiro atoms. The molecule has 5 saturated carbocycles. The van der Waals surface area contributed by atoms with Gasteiger partial charge in [-0.15, -0.1) is 0 Å². The van der Waals surface area contributed by atoms with Crippen molar-refractivity contribution in [1.82, 2.24) is 0 Å². The van der Waals surface area contributed by atoms with Gasteiger partial charge in [0.15, 0.2) is 0 Å². The first kappa shape index (κ1) is 20.5. The van der Waals surface area contributed by atoms with E-state index >= 15 is 0 Å². The fourth-order valence-corrected chi connectivity index (χ4v) is 9.86. The zero-order chi connectivity index (χ0) is 20.2. The molecule has 2 N–H and O–H groups in total. The number of hydrogen-bond donors (Lipinski definition) is 2. The Morgan fingerprint density at radius 3 is 1.50 bits per heavy atom. The summed E-state index contributed by atoms with van der Waals surface area (Å²) in [5, 5.41) is 21.2. The van der Waals surface area contributed by atoms with Gasteiger partial charge in [-0.05, 0) is 112 Å². The van der Waals surface area contributed by atoms with Gasteiger partial charge < -0.3 is 14.9 Å². The van der Waals surface area contributed by atoms with Crippen molar-refractivity contribution in [2.24, 2.45) is 47.3 Å². The van der Waals surface area contributed by atoms with Crippen LogP contribution in [-0.2, 0) is 4.74 Å². The molecule has 1 heterocycles. The predicted molar refractivity (Wildman–Crippen MR) is 118 cm³/mol. The number of hydrogen-bond acceptors (Lipinski definition) is 3. The van der Waals surface area contributed by atoms with Crippen molar-refractivity contribution >= 4 is 0 Å². The molecule has 0 amide bonds. The first-order valence-electron chi connectivity index (χ1n) is 13.7. The standard InChI is InChI=1S/C27H44O3/c28-19-10-6-16-8-12-23-26(21(16)14-19)25(18-4-2-1-3-5-18)27-22-15-20(29)11-7-17(22)9-13-24(27)30-23/h16-29H,1-15H2. The summed E-state index contributed by atoms with van der Waals surface area (Å²) in [6.07, 6.45) is 19.7. The molecule has 3 nitrogen and oxygen atoms in total. The predicted octanol–water partition coefficient (Wildman–Crippen LogP) is 5.32. The Hall–Kier alpha value is -0.120. The van der Waals surface area contributed by atoms with Gasteiger partial charge in [0.25, 0.3) is 0 Å². The quantitative estimate of drug-likeness (QED) is 0.608. The van der Waals surface area contributed by atoms with Crippen LogP contribution >= 0.6 is 0 Å². The first-order valence-corrected chi connectivity index (χ1v) is 13.7. The van der Waals surface area contributed by atoms with Gasteiger partial charge >= 0.3 is 0 Å². The fraction of sp³-hybridized carbons (Fsp3) is 1.00. The summed E-state index contributed by atoms with van der Waals surface area (Å²) in [7, 11) is 0. The van der Waals surface area contributed by atoms with Gasteiger partial charge in [-0.2, -0.15) is 0 Å². The lowest BCUT2D eigenvalue weighted by Gasteiger charge is -2.62. The number of aliphatic hydroxyl groups excluding tert-OH is 2. The number of fused-ring (bicyclic) bond motifs is 6.